The molecule has 0 saturated carbocycles. The van der Waals surface area contributed by atoms with Crippen LogP contribution in [0.4, 0.5) is 4.39 Å². The van der Waals surface area contributed by atoms with Crippen LogP contribution in [0.25, 0.3) is 0 Å². The van der Waals surface area contributed by atoms with E-state index >= 15 is 0 Å². The van der Waals surface area contributed by atoms with Gasteiger partial charge in [0.05, 0.1) is 6.54 Å². The lowest BCUT2D eigenvalue weighted by molar-refractivity contribution is 0.196. The minimum Gasteiger partial charge on any atom is -0.485 e. The van der Waals surface area contributed by atoms with Crippen molar-refractivity contribution in [2.45, 2.75) is 38.7 Å². The second-order valence-corrected chi connectivity index (χ2v) is 5.33. The van der Waals surface area contributed by atoms with E-state index in [-0.39, 0.29) is 17.7 Å². The summed E-state index contributed by atoms with van der Waals surface area (Å²) >= 11 is 0. The SMILES string of the molecule is CCC(CN=C(N)N1CCCCC1)Oc1ccccc1F. The molecule has 1 saturated heterocycles. The Hall–Kier alpha value is -1.78. The van der Waals surface area contributed by atoms with Gasteiger partial charge in [-0.25, -0.2) is 9.38 Å². The van der Waals surface area contributed by atoms with Crippen molar-refractivity contribution < 1.29 is 9.13 Å². The van der Waals surface area contributed by atoms with E-state index in [1.165, 1.54) is 25.3 Å². The first-order chi connectivity index (χ1) is 10.2. The number of nitrogens with two attached hydrogens (primary N) is 1. The summed E-state index contributed by atoms with van der Waals surface area (Å²) < 4.78 is 19.3. The molecule has 0 radical (unpaired) electrons. The van der Waals surface area contributed by atoms with E-state index in [1.54, 1.807) is 18.2 Å². The van der Waals surface area contributed by atoms with E-state index in [0.717, 1.165) is 19.5 Å². The molecule has 0 amide bonds. The zero-order valence-corrected chi connectivity index (χ0v) is 12.6. The highest BCUT2D eigenvalue weighted by molar-refractivity contribution is 5.78. The first-order valence-electron chi connectivity index (χ1n) is 7.66. The molecule has 1 aliphatic heterocycles. The number of nitrogens with zero attached hydrogens (tertiary/aromatic N) is 2. The molecule has 0 bridgehead atoms. The van der Waals surface area contributed by atoms with Gasteiger partial charge in [-0.2, -0.15) is 0 Å². The second kappa shape index (κ2) is 7.86. The first kappa shape index (κ1) is 15.6. The number of rotatable bonds is 5. The van der Waals surface area contributed by atoms with Gasteiger partial charge in [0.2, 0.25) is 0 Å². The molecule has 1 aromatic rings. The third kappa shape index (κ3) is 4.62. The minimum absolute atomic E-state index is 0.162. The molecule has 5 heteroatoms. The number of halogens is 1. The normalized spacial score (nSPS) is 17.6. The fourth-order valence-electron chi connectivity index (χ4n) is 2.39. The number of para-hydroxylation sites is 1. The molecule has 1 heterocycles. The van der Waals surface area contributed by atoms with Crippen LogP contribution in [0.2, 0.25) is 0 Å². The highest BCUT2D eigenvalue weighted by Crippen LogP contribution is 2.18. The standard InChI is InChI=1S/C16H24FN3O/c1-2-13(21-15-9-5-4-8-14(15)17)12-19-16(18)20-10-6-3-7-11-20/h4-5,8-9,13H,2-3,6-7,10-12H2,1H3,(H2,18,19). The summed E-state index contributed by atoms with van der Waals surface area (Å²) in [6.07, 6.45) is 4.19. The van der Waals surface area contributed by atoms with Gasteiger partial charge >= 0.3 is 0 Å². The van der Waals surface area contributed by atoms with Gasteiger partial charge in [-0.1, -0.05) is 19.1 Å². The molecule has 0 spiro atoms. The Kier molecular flexibility index (Phi) is 5.84. The summed E-state index contributed by atoms with van der Waals surface area (Å²) in [4.78, 5) is 6.53. The molecular formula is C16H24FN3O. The van der Waals surface area contributed by atoms with Crippen molar-refractivity contribution in [3.63, 3.8) is 0 Å². The molecule has 4 nitrogen and oxygen atoms in total. The second-order valence-electron chi connectivity index (χ2n) is 5.33. The van der Waals surface area contributed by atoms with Crippen LogP contribution in [0.15, 0.2) is 29.3 Å². The van der Waals surface area contributed by atoms with E-state index in [1.807, 2.05) is 6.92 Å². The van der Waals surface area contributed by atoms with Crippen LogP contribution in [0.5, 0.6) is 5.75 Å². The van der Waals surface area contributed by atoms with Gasteiger partial charge in [-0.3, -0.25) is 0 Å². The molecule has 1 fully saturated rings. The number of likely N-dealkylation sites (tertiary alicyclic amines) is 1. The number of piperidine rings is 1. The average Bonchev–Trinajstić information content (AvgIpc) is 2.53. The maximum absolute atomic E-state index is 13.6. The van der Waals surface area contributed by atoms with Crippen molar-refractivity contribution in [1.29, 1.82) is 0 Å². The van der Waals surface area contributed by atoms with Crippen LogP contribution >= 0.6 is 0 Å². The van der Waals surface area contributed by atoms with E-state index in [4.69, 9.17) is 10.5 Å². The third-order valence-corrected chi connectivity index (χ3v) is 3.72. The van der Waals surface area contributed by atoms with Gasteiger partial charge in [0, 0.05) is 13.1 Å². The van der Waals surface area contributed by atoms with E-state index in [9.17, 15) is 4.39 Å². The topological polar surface area (TPSA) is 50.8 Å². The highest BCUT2D eigenvalue weighted by Gasteiger charge is 2.14. The maximum atomic E-state index is 13.6. The van der Waals surface area contributed by atoms with Crippen LogP contribution in [0.3, 0.4) is 0 Å². The van der Waals surface area contributed by atoms with Gasteiger partial charge in [0.25, 0.3) is 0 Å². The Morgan fingerprint density at radius 1 is 1.33 bits per heavy atom. The van der Waals surface area contributed by atoms with Crippen molar-refractivity contribution in [3.05, 3.63) is 30.1 Å². The zero-order valence-electron chi connectivity index (χ0n) is 12.6. The fourth-order valence-corrected chi connectivity index (χ4v) is 2.39. The Bertz CT molecular complexity index is 472. The Labute approximate surface area is 125 Å². The summed E-state index contributed by atoms with van der Waals surface area (Å²) in [6.45, 7) is 4.39. The van der Waals surface area contributed by atoms with Gasteiger partial charge in [-0.15, -0.1) is 0 Å². The zero-order chi connectivity index (χ0) is 15.1. The number of ether oxygens (including phenoxy) is 1. The molecule has 2 N–H and O–H groups in total. The van der Waals surface area contributed by atoms with Crippen molar-refractivity contribution in [3.8, 4) is 5.75 Å². The lowest BCUT2D eigenvalue weighted by atomic mass is 10.1. The van der Waals surface area contributed by atoms with Gasteiger partial charge in [0.15, 0.2) is 17.5 Å². The predicted molar refractivity (Wildman–Crippen MR) is 83.0 cm³/mol. The lowest BCUT2D eigenvalue weighted by Gasteiger charge is -2.27. The lowest BCUT2D eigenvalue weighted by Crippen LogP contribution is -2.41. The molecule has 1 unspecified atom stereocenters. The maximum Gasteiger partial charge on any atom is 0.191 e. The number of aliphatic imine (C=N–C) groups is 1. The minimum atomic E-state index is -0.344. The molecule has 1 atom stereocenters. The van der Waals surface area contributed by atoms with Crippen LogP contribution in [0, 0.1) is 5.82 Å². The summed E-state index contributed by atoms with van der Waals surface area (Å²) in [5.41, 5.74) is 6.02. The van der Waals surface area contributed by atoms with Crippen LogP contribution in [-0.2, 0) is 0 Å². The van der Waals surface area contributed by atoms with E-state index in [0.29, 0.717) is 12.5 Å². The van der Waals surface area contributed by atoms with Gasteiger partial charge in [-0.05, 0) is 37.8 Å². The van der Waals surface area contributed by atoms with E-state index in [2.05, 4.69) is 9.89 Å². The highest BCUT2D eigenvalue weighted by atomic mass is 19.1. The van der Waals surface area contributed by atoms with Gasteiger partial charge < -0.3 is 15.4 Å². The van der Waals surface area contributed by atoms with Crippen molar-refractivity contribution in [1.82, 2.24) is 4.90 Å². The van der Waals surface area contributed by atoms with Gasteiger partial charge in [0.1, 0.15) is 6.10 Å². The molecule has 1 aliphatic rings. The fraction of sp³-hybridized carbons (Fsp3) is 0.562. The quantitative estimate of drug-likeness (QED) is 0.671. The molecule has 2 rings (SSSR count). The number of benzene rings is 1. The Morgan fingerprint density at radius 3 is 2.71 bits per heavy atom. The Balaban J connectivity index is 1.91. The molecule has 1 aromatic carbocycles. The molecule has 116 valence electrons. The predicted octanol–water partition coefficient (Wildman–Crippen LogP) is 2.78. The number of hydrogen-bond acceptors (Lipinski definition) is 2. The summed E-state index contributed by atoms with van der Waals surface area (Å²) in [6, 6.07) is 6.44. The van der Waals surface area contributed by atoms with Crippen LogP contribution < -0.4 is 10.5 Å². The van der Waals surface area contributed by atoms with Crippen LogP contribution in [-0.4, -0.2) is 36.6 Å². The summed E-state index contributed by atoms with van der Waals surface area (Å²) in [5, 5.41) is 0. The van der Waals surface area contributed by atoms with Crippen molar-refractivity contribution in [2.75, 3.05) is 19.6 Å². The number of hydrogen-bond donors (Lipinski definition) is 1. The third-order valence-electron chi connectivity index (χ3n) is 3.72. The first-order valence-corrected chi connectivity index (χ1v) is 7.66. The van der Waals surface area contributed by atoms with Crippen molar-refractivity contribution >= 4 is 5.96 Å². The largest absolute Gasteiger partial charge is 0.485 e. The van der Waals surface area contributed by atoms with Crippen molar-refractivity contribution in [2.24, 2.45) is 10.7 Å². The molecule has 0 aromatic heterocycles. The molecular weight excluding hydrogens is 269 g/mol. The number of guanidine groups is 1. The van der Waals surface area contributed by atoms with Crippen LogP contribution in [0.1, 0.15) is 32.6 Å². The summed E-state index contributed by atoms with van der Waals surface area (Å²) in [5.74, 6) is 0.505. The molecule has 21 heavy (non-hydrogen) atoms. The Morgan fingerprint density at radius 2 is 2.05 bits per heavy atom. The monoisotopic (exact) mass is 293 g/mol. The smallest absolute Gasteiger partial charge is 0.191 e. The molecule has 0 aliphatic carbocycles. The summed E-state index contributed by atoms with van der Waals surface area (Å²) in [7, 11) is 0. The average molecular weight is 293 g/mol. The van der Waals surface area contributed by atoms with E-state index < -0.39 is 0 Å².